The highest BCUT2D eigenvalue weighted by atomic mass is 16.6. The molecule has 2 aromatic carbocycles. The molecule has 0 aliphatic carbocycles. The fourth-order valence-electron chi connectivity index (χ4n) is 2.65. The SMILES string of the molecule is Nc1ccc(NC(=O)CC(NCCNc2ccccc2[N+](=O)[O-])C(=O)O)cc1[N+](=O)[O-]. The van der Waals surface area contributed by atoms with Crippen molar-refractivity contribution < 1.29 is 24.5 Å². The molecule has 0 saturated heterocycles. The lowest BCUT2D eigenvalue weighted by Gasteiger charge is -2.15. The number of hydrogen-bond donors (Lipinski definition) is 5. The van der Waals surface area contributed by atoms with Crippen LogP contribution < -0.4 is 21.7 Å². The van der Waals surface area contributed by atoms with Gasteiger partial charge >= 0.3 is 5.97 Å². The van der Waals surface area contributed by atoms with Crippen LogP contribution in [0, 0.1) is 20.2 Å². The summed E-state index contributed by atoms with van der Waals surface area (Å²) in [6, 6.07) is 8.46. The number of aliphatic carboxylic acids is 1. The molecular weight excluding hydrogens is 412 g/mol. The molecule has 0 spiro atoms. The smallest absolute Gasteiger partial charge is 0.321 e. The molecule has 13 nitrogen and oxygen atoms in total. The largest absolute Gasteiger partial charge is 0.480 e. The van der Waals surface area contributed by atoms with Crippen LogP contribution in [0.2, 0.25) is 0 Å². The molecule has 0 aromatic heterocycles. The third-order valence-electron chi connectivity index (χ3n) is 4.13. The molecular formula is C18H20N6O7. The number of nitro benzene ring substituents is 2. The monoisotopic (exact) mass is 432 g/mol. The number of hydrogen-bond acceptors (Lipinski definition) is 9. The number of amides is 1. The van der Waals surface area contributed by atoms with E-state index in [1.165, 1.54) is 30.3 Å². The van der Waals surface area contributed by atoms with E-state index in [1.807, 2.05) is 0 Å². The quantitative estimate of drug-likeness (QED) is 0.150. The average molecular weight is 432 g/mol. The first kappa shape index (κ1) is 23.0. The van der Waals surface area contributed by atoms with Crippen molar-refractivity contribution in [3.8, 4) is 0 Å². The molecule has 2 aromatic rings. The van der Waals surface area contributed by atoms with Gasteiger partial charge in [0.2, 0.25) is 5.91 Å². The Morgan fingerprint density at radius 3 is 2.35 bits per heavy atom. The standard InChI is InChI=1S/C18H20N6O7/c19-12-6-5-11(9-16(12)24(30)31)22-17(25)10-14(18(26)27)21-8-7-20-13-3-1-2-4-15(13)23(28)29/h1-6,9,14,20-21H,7-8,10,19H2,(H,22,25)(H,26,27). The Hall–Kier alpha value is -4.26. The Labute approximate surface area is 175 Å². The van der Waals surface area contributed by atoms with Crippen molar-refractivity contribution >= 4 is 40.3 Å². The lowest BCUT2D eigenvalue weighted by Crippen LogP contribution is -2.41. The van der Waals surface area contributed by atoms with Crippen molar-refractivity contribution in [1.82, 2.24) is 5.32 Å². The molecule has 1 amide bonds. The van der Waals surface area contributed by atoms with Gasteiger partial charge in [-0.2, -0.15) is 0 Å². The molecule has 0 aliphatic heterocycles. The number of rotatable bonds is 11. The minimum atomic E-state index is -1.27. The summed E-state index contributed by atoms with van der Waals surface area (Å²) in [4.78, 5) is 44.2. The first-order valence-corrected chi connectivity index (χ1v) is 8.96. The van der Waals surface area contributed by atoms with E-state index in [-0.39, 0.29) is 41.5 Å². The van der Waals surface area contributed by atoms with E-state index in [1.54, 1.807) is 6.07 Å². The third-order valence-corrected chi connectivity index (χ3v) is 4.13. The molecule has 13 heteroatoms. The van der Waals surface area contributed by atoms with E-state index < -0.39 is 34.2 Å². The van der Waals surface area contributed by atoms with E-state index in [9.17, 15) is 34.9 Å². The highest BCUT2D eigenvalue weighted by molar-refractivity contribution is 5.94. The Balaban J connectivity index is 1.90. The summed E-state index contributed by atoms with van der Waals surface area (Å²) in [5.41, 5.74) is 5.31. The maximum absolute atomic E-state index is 12.2. The van der Waals surface area contributed by atoms with Gasteiger partial charge in [0.15, 0.2) is 0 Å². The van der Waals surface area contributed by atoms with Gasteiger partial charge in [0.25, 0.3) is 11.4 Å². The zero-order valence-electron chi connectivity index (χ0n) is 16.1. The lowest BCUT2D eigenvalue weighted by molar-refractivity contribution is -0.384. The summed E-state index contributed by atoms with van der Waals surface area (Å²) in [6.07, 6.45) is -0.445. The maximum atomic E-state index is 12.2. The first-order chi connectivity index (χ1) is 14.7. The summed E-state index contributed by atoms with van der Waals surface area (Å²) in [5, 5.41) is 39.1. The summed E-state index contributed by atoms with van der Waals surface area (Å²) < 4.78 is 0. The second kappa shape index (κ2) is 10.5. The molecule has 1 atom stereocenters. The van der Waals surface area contributed by atoms with Crippen LogP contribution in [0.25, 0.3) is 0 Å². The number of nitrogens with one attached hydrogen (secondary N) is 3. The topological polar surface area (TPSA) is 203 Å². The molecule has 2 rings (SSSR count). The predicted octanol–water partition coefficient (Wildman–Crippen LogP) is 1.57. The molecule has 0 heterocycles. The fraction of sp³-hybridized carbons (Fsp3) is 0.222. The van der Waals surface area contributed by atoms with Gasteiger partial charge in [0, 0.05) is 30.9 Å². The third kappa shape index (κ3) is 6.64. The van der Waals surface area contributed by atoms with E-state index in [0.29, 0.717) is 0 Å². The van der Waals surface area contributed by atoms with Crippen molar-refractivity contribution in [3.05, 3.63) is 62.7 Å². The Bertz CT molecular complexity index is 997. The van der Waals surface area contributed by atoms with Gasteiger partial charge in [-0.05, 0) is 18.2 Å². The Kier molecular flexibility index (Phi) is 7.80. The fourth-order valence-corrected chi connectivity index (χ4v) is 2.65. The molecule has 164 valence electrons. The summed E-state index contributed by atoms with van der Waals surface area (Å²) >= 11 is 0. The highest BCUT2D eigenvalue weighted by Crippen LogP contribution is 2.25. The minimum Gasteiger partial charge on any atom is -0.480 e. The zero-order valence-corrected chi connectivity index (χ0v) is 16.1. The first-order valence-electron chi connectivity index (χ1n) is 8.96. The lowest BCUT2D eigenvalue weighted by atomic mass is 10.2. The zero-order chi connectivity index (χ0) is 23.0. The van der Waals surface area contributed by atoms with Gasteiger partial charge in [-0.15, -0.1) is 0 Å². The van der Waals surface area contributed by atoms with E-state index in [0.717, 1.165) is 6.07 Å². The highest BCUT2D eigenvalue weighted by Gasteiger charge is 2.21. The Morgan fingerprint density at radius 2 is 1.71 bits per heavy atom. The number of carboxylic acid groups (broad SMARTS) is 1. The van der Waals surface area contributed by atoms with Gasteiger partial charge in [-0.25, -0.2) is 0 Å². The van der Waals surface area contributed by atoms with Crippen molar-refractivity contribution in [3.63, 3.8) is 0 Å². The van der Waals surface area contributed by atoms with Crippen LogP contribution in [0.4, 0.5) is 28.4 Å². The van der Waals surface area contributed by atoms with Crippen LogP contribution in [0.15, 0.2) is 42.5 Å². The van der Waals surface area contributed by atoms with Crippen LogP contribution in [0.3, 0.4) is 0 Å². The molecule has 0 aliphatic rings. The number of anilines is 3. The number of nitro groups is 2. The Morgan fingerprint density at radius 1 is 1.03 bits per heavy atom. The van der Waals surface area contributed by atoms with Gasteiger partial charge in [-0.1, -0.05) is 12.1 Å². The second-order valence-corrected chi connectivity index (χ2v) is 6.33. The second-order valence-electron chi connectivity index (χ2n) is 6.33. The molecule has 0 saturated carbocycles. The summed E-state index contributed by atoms with van der Waals surface area (Å²) in [6.45, 7) is 0.268. The maximum Gasteiger partial charge on any atom is 0.321 e. The summed E-state index contributed by atoms with van der Waals surface area (Å²) in [7, 11) is 0. The molecule has 0 bridgehead atoms. The van der Waals surface area contributed by atoms with Crippen LogP contribution >= 0.6 is 0 Å². The van der Waals surface area contributed by atoms with Gasteiger partial charge in [0.05, 0.1) is 16.3 Å². The molecule has 31 heavy (non-hydrogen) atoms. The van der Waals surface area contributed by atoms with Crippen molar-refractivity contribution in [2.45, 2.75) is 12.5 Å². The number of nitrogen functional groups attached to an aromatic ring is 1. The van der Waals surface area contributed by atoms with E-state index in [2.05, 4.69) is 16.0 Å². The molecule has 0 fully saturated rings. The average Bonchev–Trinajstić information content (AvgIpc) is 2.71. The number of benzene rings is 2. The van der Waals surface area contributed by atoms with Gasteiger partial charge in [-0.3, -0.25) is 29.8 Å². The minimum absolute atomic E-state index is 0.0702. The number of carbonyl (C=O) groups is 2. The van der Waals surface area contributed by atoms with Gasteiger partial charge < -0.3 is 26.8 Å². The van der Waals surface area contributed by atoms with Crippen LogP contribution in [-0.4, -0.2) is 46.0 Å². The number of nitrogens with two attached hydrogens (primary N) is 1. The van der Waals surface area contributed by atoms with Crippen molar-refractivity contribution in [1.29, 1.82) is 0 Å². The van der Waals surface area contributed by atoms with Crippen molar-refractivity contribution in [2.24, 2.45) is 0 Å². The molecule has 0 radical (unpaired) electrons. The molecule has 6 N–H and O–H groups in total. The number of carboxylic acids is 1. The van der Waals surface area contributed by atoms with Gasteiger partial charge in [0.1, 0.15) is 17.4 Å². The van der Waals surface area contributed by atoms with E-state index in [4.69, 9.17) is 5.73 Å². The summed E-state index contributed by atoms with van der Waals surface area (Å²) in [5.74, 6) is -1.95. The number of carbonyl (C=O) groups excluding carboxylic acids is 1. The molecule has 1 unspecified atom stereocenters. The number of nitrogens with zero attached hydrogens (tertiary/aromatic N) is 2. The van der Waals surface area contributed by atoms with E-state index >= 15 is 0 Å². The van der Waals surface area contributed by atoms with Crippen LogP contribution in [0.1, 0.15) is 6.42 Å². The van der Waals surface area contributed by atoms with Crippen molar-refractivity contribution in [2.75, 3.05) is 29.5 Å². The number of para-hydroxylation sites is 2. The van der Waals surface area contributed by atoms with Crippen LogP contribution in [-0.2, 0) is 9.59 Å². The van der Waals surface area contributed by atoms with Crippen LogP contribution in [0.5, 0.6) is 0 Å². The predicted molar refractivity (Wildman–Crippen MR) is 112 cm³/mol. The normalized spacial score (nSPS) is 11.4.